The zero-order chi connectivity index (χ0) is 17.6. The van der Waals surface area contributed by atoms with Crippen molar-refractivity contribution < 1.29 is 9.59 Å². The van der Waals surface area contributed by atoms with Crippen molar-refractivity contribution in [3.8, 4) is 0 Å². The van der Waals surface area contributed by atoms with Gasteiger partial charge in [-0.25, -0.2) is 4.98 Å². The molecule has 1 aromatic carbocycles. The summed E-state index contributed by atoms with van der Waals surface area (Å²) in [6, 6.07) is 6.27. The van der Waals surface area contributed by atoms with Gasteiger partial charge in [0.2, 0.25) is 11.8 Å². The van der Waals surface area contributed by atoms with Crippen LogP contribution in [0.5, 0.6) is 0 Å². The fourth-order valence-corrected chi connectivity index (χ4v) is 4.96. The van der Waals surface area contributed by atoms with Gasteiger partial charge in [-0.15, -0.1) is 11.3 Å². The molecule has 1 aliphatic carbocycles. The summed E-state index contributed by atoms with van der Waals surface area (Å²) in [5.41, 5.74) is 1.84. The number of anilines is 1. The van der Waals surface area contributed by atoms with Crippen LogP contribution in [-0.2, 0) is 9.59 Å². The van der Waals surface area contributed by atoms with Crippen molar-refractivity contribution in [1.82, 2.24) is 9.88 Å². The molecule has 1 unspecified atom stereocenters. The van der Waals surface area contributed by atoms with E-state index in [1.54, 1.807) is 23.3 Å². The number of thiazole rings is 1. The maximum Gasteiger partial charge on any atom is 0.232 e. The molecule has 0 radical (unpaired) electrons. The van der Waals surface area contributed by atoms with Gasteiger partial charge in [0.25, 0.3) is 0 Å². The highest BCUT2D eigenvalue weighted by molar-refractivity contribution is 7.18. The molecule has 1 aromatic heterocycles. The van der Waals surface area contributed by atoms with Crippen LogP contribution < -0.4 is 4.90 Å². The summed E-state index contributed by atoms with van der Waals surface area (Å²) in [5.74, 6) is -0.0430. The lowest BCUT2D eigenvalue weighted by Gasteiger charge is -2.25. The molecule has 0 bridgehead atoms. The van der Waals surface area contributed by atoms with Crippen LogP contribution in [0.1, 0.15) is 37.1 Å². The van der Waals surface area contributed by atoms with Gasteiger partial charge in [0, 0.05) is 31.7 Å². The van der Waals surface area contributed by atoms with Crippen LogP contribution in [0.4, 0.5) is 5.69 Å². The third-order valence-electron chi connectivity index (χ3n) is 5.47. The van der Waals surface area contributed by atoms with E-state index in [-0.39, 0.29) is 17.7 Å². The van der Waals surface area contributed by atoms with Gasteiger partial charge in [-0.3, -0.25) is 9.59 Å². The lowest BCUT2D eigenvalue weighted by molar-refractivity contribution is -0.130. The van der Waals surface area contributed by atoms with Crippen LogP contribution in [0, 0.1) is 12.8 Å². The zero-order valence-corrected chi connectivity index (χ0v) is 15.5. The van der Waals surface area contributed by atoms with E-state index in [2.05, 4.69) is 4.98 Å². The smallest absolute Gasteiger partial charge is 0.232 e. The van der Waals surface area contributed by atoms with Crippen LogP contribution in [0.15, 0.2) is 18.2 Å². The van der Waals surface area contributed by atoms with Crippen molar-refractivity contribution in [1.29, 1.82) is 0 Å². The first kappa shape index (κ1) is 16.5. The number of carbonyl (C=O) groups excluding carboxylic acids is 2. The molecule has 0 N–H and O–H groups in total. The van der Waals surface area contributed by atoms with Gasteiger partial charge in [0.1, 0.15) is 0 Å². The SMILES string of the molecule is Cc1nc2ccc(N(C)C(=O)C3CC(=O)N(C4CCCC4)C3)cc2s1. The van der Waals surface area contributed by atoms with E-state index in [0.29, 0.717) is 19.0 Å². The van der Waals surface area contributed by atoms with E-state index < -0.39 is 0 Å². The molecular weight excluding hydrogens is 334 g/mol. The maximum absolute atomic E-state index is 12.9. The average Bonchev–Trinajstić information content (AvgIpc) is 3.30. The number of fused-ring (bicyclic) bond motifs is 1. The molecule has 5 nitrogen and oxygen atoms in total. The van der Waals surface area contributed by atoms with Crippen molar-refractivity contribution in [2.24, 2.45) is 5.92 Å². The van der Waals surface area contributed by atoms with E-state index in [9.17, 15) is 9.59 Å². The Balaban J connectivity index is 1.50. The van der Waals surface area contributed by atoms with Gasteiger partial charge < -0.3 is 9.80 Å². The fourth-order valence-electron chi connectivity index (χ4n) is 4.10. The molecule has 2 heterocycles. The number of aryl methyl sites for hydroxylation is 1. The molecule has 1 aliphatic heterocycles. The normalized spacial score (nSPS) is 21.4. The second-order valence-electron chi connectivity index (χ2n) is 7.17. The fraction of sp³-hybridized carbons (Fsp3) is 0.526. The number of aromatic nitrogens is 1. The molecule has 1 saturated carbocycles. The van der Waals surface area contributed by atoms with Gasteiger partial charge >= 0.3 is 0 Å². The highest BCUT2D eigenvalue weighted by Crippen LogP contribution is 2.32. The first-order chi connectivity index (χ1) is 12.0. The third kappa shape index (κ3) is 3.03. The number of hydrogen-bond acceptors (Lipinski definition) is 4. The van der Waals surface area contributed by atoms with E-state index in [1.165, 1.54) is 12.8 Å². The first-order valence-electron chi connectivity index (χ1n) is 8.97. The standard InChI is InChI=1S/C19H23N3O2S/c1-12-20-16-8-7-15(10-17(16)25-12)21(2)19(24)13-9-18(23)22(11-13)14-5-3-4-6-14/h7-8,10,13-14H,3-6,9,11H2,1-2H3. The highest BCUT2D eigenvalue weighted by atomic mass is 32.1. The van der Waals surface area contributed by atoms with Gasteiger partial charge in [-0.2, -0.15) is 0 Å². The van der Waals surface area contributed by atoms with E-state index in [0.717, 1.165) is 33.8 Å². The van der Waals surface area contributed by atoms with E-state index in [1.807, 2.05) is 30.0 Å². The number of carbonyl (C=O) groups is 2. The maximum atomic E-state index is 12.9. The van der Waals surface area contributed by atoms with Gasteiger partial charge in [0.15, 0.2) is 0 Å². The Morgan fingerprint density at radius 3 is 2.84 bits per heavy atom. The number of benzene rings is 1. The number of likely N-dealkylation sites (tertiary alicyclic amines) is 1. The molecule has 4 rings (SSSR count). The second kappa shape index (κ2) is 6.41. The predicted octanol–water partition coefficient (Wildman–Crippen LogP) is 3.36. The number of amides is 2. The second-order valence-corrected chi connectivity index (χ2v) is 8.40. The first-order valence-corrected chi connectivity index (χ1v) is 9.79. The molecule has 2 aromatic rings. The minimum Gasteiger partial charge on any atom is -0.339 e. The van der Waals surface area contributed by atoms with E-state index >= 15 is 0 Å². The Morgan fingerprint density at radius 1 is 1.32 bits per heavy atom. The minimum absolute atomic E-state index is 0.0365. The zero-order valence-electron chi connectivity index (χ0n) is 14.7. The Kier molecular flexibility index (Phi) is 4.23. The Labute approximate surface area is 151 Å². The Morgan fingerprint density at radius 2 is 2.08 bits per heavy atom. The van der Waals surface area contributed by atoms with Crippen LogP contribution in [0.2, 0.25) is 0 Å². The average molecular weight is 357 g/mol. The summed E-state index contributed by atoms with van der Waals surface area (Å²) in [5, 5.41) is 1.02. The lowest BCUT2D eigenvalue weighted by Crippen LogP contribution is -2.37. The molecule has 2 amide bonds. The quantitative estimate of drug-likeness (QED) is 0.846. The number of nitrogens with zero attached hydrogens (tertiary/aromatic N) is 3. The summed E-state index contributed by atoms with van der Waals surface area (Å²) in [7, 11) is 1.81. The summed E-state index contributed by atoms with van der Waals surface area (Å²) >= 11 is 1.63. The van der Waals surface area contributed by atoms with Crippen molar-refractivity contribution in [2.75, 3.05) is 18.5 Å². The van der Waals surface area contributed by atoms with Crippen molar-refractivity contribution in [2.45, 2.75) is 45.1 Å². The summed E-state index contributed by atoms with van der Waals surface area (Å²) in [6.07, 6.45) is 4.91. The molecule has 2 fully saturated rings. The van der Waals surface area contributed by atoms with Crippen molar-refractivity contribution >= 4 is 39.1 Å². The van der Waals surface area contributed by atoms with Crippen LogP contribution >= 0.6 is 11.3 Å². The van der Waals surface area contributed by atoms with Crippen molar-refractivity contribution in [3.05, 3.63) is 23.2 Å². The van der Waals surface area contributed by atoms with Crippen LogP contribution in [0.25, 0.3) is 10.2 Å². The summed E-state index contributed by atoms with van der Waals surface area (Å²) in [4.78, 5) is 33.4. The lowest BCUT2D eigenvalue weighted by atomic mass is 10.1. The topological polar surface area (TPSA) is 53.5 Å². The molecule has 1 saturated heterocycles. The van der Waals surface area contributed by atoms with Crippen molar-refractivity contribution in [3.63, 3.8) is 0 Å². The number of rotatable bonds is 3. The molecule has 132 valence electrons. The predicted molar refractivity (Wildman–Crippen MR) is 99.8 cm³/mol. The largest absolute Gasteiger partial charge is 0.339 e. The molecular formula is C19H23N3O2S. The Hall–Kier alpha value is -1.95. The summed E-state index contributed by atoms with van der Waals surface area (Å²) < 4.78 is 1.09. The Bertz CT molecular complexity index is 825. The molecule has 0 spiro atoms. The number of hydrogen-bond donors (Lipinski definition) is 0. The third-order valence-corrected chi connectivity index (χ3v) is 6.40. The minimum atomic E-state index is -0.225. The van der Waals surface area contributed by atoms with Crippen LogP contribution in [0.3, 0.4) is 0 Å². The van der Waals surface area contributed by atoms with Gasteiger partial charge in [-0.1, -0.05) is 12.8 Å². The van der Waals surface area contributed by atoms with Crippen LogP contribution in [-0.4, -0.2) is 41.3 Å². The molecule has 2 aliphatic rings. The van der Waals surface area contributed by atoms with E-state index in [4.69, 9.17) is 0 Å². The van der Waals surface area contributed by atoms with Gasteiger partial charge in [0.05, 0.1) is 21.1 Å². The van der Waals surface area contributed by atoms with Gasteiger partial charge in [-0.05, 0) is 38.0 Å². The highest BCUT2D eigenvalue weighted by Gasteiger charge is 2.39. The summed E-state index contributed by atoms with van der Waals surface area (Å²) in [6.45, 7) is 2.57. The monoisotopic (exact) mass is 357 g/mol. The molecule has 6 heteroatoms. The molecule has 1 atom stereocenters. The molecule has 25 heavy (non-hydrogen) atoms.